The van der Waals surface area contributed by atoms with Crippen molar-refractivity contribution < 1.29 is 17.3 Å². The standard InChI is InChI=1S/C25H51N.ClH/c1-4-7-8-9-10-11-12-13-14-15-16-17-18-19-20-21-22-23-24-25-26(5-2)6-3;/h23-24H,4-22,25H2,1-3H3;1H. The summed E-state index contributed by atoms with van der Waals surface area (Å²) in [6.45, 7) is 10.6. The predicted octanol–water partition coefficient (Wildman–Crippen LogP) is 4.12. The van der Waals surface area contributed by atoms with E-state index in [-0.39, 0.29) is 12.4 Å². The first-order valence-electron chi connectivity index (χ1n) is 12.3. The molecule has 0 atom stereocenters. The molecule has 0 rings (SSSR count). The molecule has 0 heterocycles. The zero-order valence-electron chi connectivity index (χ0n) is 19.2. The molecular weight excluding hydrogens is 350 g/mol. The van der Waals surface area contributed by atoms with Gasteiger partial charge in [0.05, 0.1) is 19.6 Å². The highest BCUT2D eigenvalue weighted by Gasteiger charge is 1.97. The molecule has 27 heavy (non-hydrogen) atoms. The number of unbranched alkanes of at least 4 members (excludes halogenated alkanes) is 16. The van der Waals surface area contributed by atoms with Crippen molar-refractivity contribution in [2.24, 2.45) is 0 Å². The van der Waals surface area contributed by atoms with Crippen LogP contribution in [0.1, 0.15) is 130 Å². The average Bonchev–Trinajstić information content (AvgIpc) is 2.66. The van der Waals surface area contributed by atoms with Gasteiger partial charge in [0.1, 0.15) is 0 Å². The van der Waals surface area contributed by atoms with Gasteiger partial charge in [0, 0.05) is 0 Å². The van der Waals surface area contributed by atoms with Crippen LogP contribution in [0.25, 0.3) is 0 Å². The summed E-state index contributed by atoms with van der Waals surface area (Å²) in [6.07, 6.45) is 29.4. The van der Waals surface area contributed by atoms with Crippen LogP contribution in [-0.2, 0) is 0 Å². The fourth-order valence-corrected chi connectivity index (χ4v) is 3.72. The lowest BCUT2D eigenvalue weighted by molar-refractivity contribution is -0.890. The third-order valence-corrected chi connectivity index (χ3v) is 5.80. The van der Waals surface area contributed by atoms with Crippen LogP contribution < -0.4 is 17.3 Å². The van der Waals surface area contributed by atoms with Gasteiger partial charge in [-0.15, -0.1) is 0 Å². The molecule has 0 spiro atoms. The molecule has 0 aliphatic heterocycles. The average molecular weight is 402 g/mol. The van der Waals surface area contributed by atoms with Crippen molar-refractivity contribution in [2.45, 2.75) is 130 Å². The van der Waals surface area contributed by atoms with Gasteiger partial charge in [-0.25, -0.2) is 0 Å². The number of likely N-dealkylation sites (N-methyl/N-ethyl adjacent to an activating group) is 1. The molecule has 0 aromatic heterocycles. The maximum absolute atomic E-state index is 2.41. The van der Waals surface area contributed by atoms with E-state index in [1.807, 2.05) is 0 Å². The fourth-order valence-electron chi connectivity index (χ4n) is 3.72. The van der Waals surface area contributed by atoms with E-state index in [0.717, 1.165) is 0 Å². The molecule has 0 saturated carbocycles. The van der Waals surface area contributed by atoms with Crippen LogP contribution in [0.2, 0.25) is 0 Å². The summed E-state index contributed by atoms with van der Waals surface area (Å²) in [6, 6.07) is 0. The molecule has 0 aliphatic carbocycles. The van der Waals surface area contributed by atoms with E-state index in [9.17, 15) is 0 Å². The Morgan fingerprint density at radius 3 is 1.22 bits per heavy atom. The molecule has 0 amide bonds. The Labute approximate surface area is 179 Å². The van der Waals surface area contributed by atoms with Crippen molar-refractivity contribution in [1.82, 2.24) is 0 Å². The number of quaternary nitrogens is 1. The van der Waals surface area contributed by atoms with E-state index >= 15 is 0 Å². The minimum Gasteiger partial charge on any atom is -1.00 e. The molecule has 164 valence electrons. The van der Waals surface area contributed by atoms with Gasteiger partial charge in [0.25, 0.3) is 0 Å². The van der Waals surface area contributed by atoms with Gasteiger partial charge in [-0.2, -0.15) is 0 Å². The van der Waals surface area contributed by atoms with Crippen molar-refractivity contribution in [3.05, 3.63) is 12.2 Å². The molecule has 0 radical (unpaired) electrons. The SMILES string of the molecule is CCCCCCCCCCCCCCCCCCC=CC[NH+](CC)CC.[Cl-]. The molecule has 1 nitrogen and oxygen atoms in total. The molecular formula is C25H52ClN. The van der Waals surface area contributed by atoms with E-state index in [4.69, 9.17) is 0 Å². The summed E-state index contributed by atoms with van der Waals surface area (Å²) >= 11 is 0. The molecule has 0 aromatic carbocycles. The summed E-state index contributed by atoms with van der Waals surface area (Å²) in [5.41, 5.74) is 0. The van der Waals surface area contributed by atoms with Crippen LogP contribution in [0.15, 0.2) is 12.2 Å². The molecule has 0 aliphatic rings. The van der Waals surface area contributed by atoms with Crippen LogP contribution in [0.4, 0.5) is 0 Å². The number of hydrogen-bond donors (Lipinski definition) is 1. The second-order valence-corrected chi connectivity index (χ2v) is 8.22. The highest BCUT2D eigenvalue weighted by atomic mass is 35.5. The zero-order valence-corrected chi connectivity index (χ0v) is 19.9. The molecule has 1 N–H and O–H groups in total. The Hall–Kier alpha value is -0.0100. The number of halogens is 1. The Morgan fingerprint density at radius 1 is 0.481 bits per heavy atom. The van der Waals surface area contributed by atoms with Crippen molar-refractivity contribution in [3.63, 3.8) is 0 Å². The Kier molecular flexibility index (Phi) is 28.1. The fraction of sp³-hybridized carbons (Fsp3) is 0.920. The highest BCUT2D eigenvalue weighted by molar-refractivity contribution is 4.80. The molecule has 0 fully saturated rings. The van der Waals surface area contributed by atoms with E-state index in [0.29, 0.717) is 0 Å². The first-order chi connectivity index (χ1) is 12.8. The first-order valence-corrected chi connectivity index (χ1v) is 12.3. The summed E-state index contributed by atoms with van der Waals surface area (Å²) in [7, 11) is 0. The van der Waals surface area contributed by atoms with E-state index < -0.39 is 0 Å². The van der Waals surface area contributed by atoms with Crippen molar-refractivity contribution in [3.8, 4) is 0 Å². The van der Waals surface area contributed by atoms with Gasteiger partial charge in [0.15, 0.2) is 0 Å². The van der Waals surface area contributed by atoms with Crippen LogP contribution in [0.3, 0.4) is 0 Å². The number of nitrogens with one attached hydrogen (secondary N) is 1. The molecule has 0 saturated heterocycles. The molecule has 0 aromatic rings. The van der Waals surface area contributed by atoms with Crippen molar-refractivity contribution in [1.29, 1.82) is 0 Å². The van der Waals surface area contributed by atoms with Gasteiger partial charge in [-0.3, -0.25) is 0 Å². The van der Waals surface area contributed by atoms with Crippen LogP contribution in [-0.4, -0.2) is 19.6 Å². The monoisotopic (exact) mass is 401 g/mol. The summed E-state index contributed by atoms with van der Waals surface area (Å²) in [5.74, 6) is 0. The third kappa shape index (κ3) is 24.0. The van der Waals surface area contributed by atoms with Gasteiger partial charge >= 0.3 is 0 Å². The van der Waals surface area contributed by atoms with Crippen molar-refractivity contribution >= 4 is 0 Å². The van der Waals surface area contributed by atoms with Crippen LogP contribution in [0, 0.1) is 0 Å². The Bertz CT molecular complexity index is 273. The lowest BCUT2D eigenvalue weighted by Gasteiger charge is -2.12. The van der Waals surface area contributed by atoms with Gasteiger partial charge in [0.2, 0.25) is 0 Å². The molecule has 2 heteroatoms. The Morgan fingerprint density at radius 2 is 0.852 bits per heavy atom. The normalized spacial score (nSPS) is 11.4. The quantitative estimate of drug-likeness (QED) is 0.218. The van der Waals surface area contributed by atoms with Crippen LogP contribution in [0.5, 0.6) is 0 Å². The van der Waals surface area contributed by atoms with Crippen LogP contribution >= 0.6 is 0 Å². The lowest BCUT2D eigenvalue weighted by atomic mass is 10.0. The van der Waals surface area contributed by atoms with E-state index in [2.05, 4.69) is 32.9 Å². The first kappa shape index (κ1) is 29.2. The summed E-state index contributed by atoms with van der Waals surface area (Å²) in [5, 5.41) is 0. The topological polar surface area (TPSA) is 4.44 Å². The van der Waals surface area contributed by atoms with Gasteiger partial charge in [-0.1, -0.05) is 109 Å². The van der Waals surface area contributed by atoms with E-state index in [1.165, 1.54) is 129 Å². The maximum Gasteiger partial charge on any atom is 0.0957 e. The van der Waals surface area contributed by atoms with Gasteiger partial charge < -0.3 is 17.3 Å². The number of rotatable bonds is 21. The number of hydrogen-bond acceptors (Lipinski definition) is 0. The zero-order chi connectivity index (χ0) is 19.1. The maximum atomic E-state index is 2.41. The molecule has 0 bridgehead atoms. The lowest BCUT2D eigenvalue weighted by Crippen LogP contribution is -3.11. The minimum atomic E-state index is 0. The summed E-state index contributed by atoms with van der Waals surface area (Å²) < 4.78 is 0. The predicted molar refractivity (Wildman–Crippen MR) is 120 cm³/mol. The van der Waals surface area contributed by atoms with Gasteiger partial charge in [-0.05, 0) is 32.8 Å². The minimum absolute atomic E-state index is 0. The second kappa shape index (κ2) is 26.0. The Balaban J connectivity index is 0. The second-order valence-electron chi connectivity index (χ2n) is 8.22. The smallest absolute Gasteiger partial charge is 0.0957 e. The van der Waals surface area contributed by atoms with Crippen molar-refractivity contribution in [2.75, 3.05) is 19.6 Å². The third-order valence-electron chi connectivity index (χ3n) is 5.80. The summed E-state index contributed by atoms with van der Waals surface area (Å²) in [4.78, 5) is 1.69. The highest BCUT2D eigenvalue weighted by Crippen LogP contribution is 2.14. The number of allylic oxidation sites excluding steroid dienone is 1. The van der Waals surface area contributed by atoms with E-state index in [1.54, 1.807) is 4.90 Å². The largest absolute Gasteiger partial charge is 1.00 e. The molecule has 0 unspecified atom stereocenters.